The van der Waals surface area contributed by atoms with Crippen LogP contribution in [0.15, 0.2) is 0 Å². The van der Waals surface area contributed by atoms with Gasteiger partial charge in [-0.1, -0.05) is 13.3 Å². The Balaban J connectivity index is 2.12. The van der Waals surface area contributed by atoms with Crippen molar-refractivity contribution in [3.63, 3.8) is 0 Å². The number of nitrogens with zero attached hydrogens (tertiary/aromatic N) is 1. The van der Waals surface area contributed by atoms with E-state index in [1.807, 2.05) is 6.92 Å². The van der Waals surface area contributed by atoms with E-state index in [1.54, 1.807) is 0 Å². The molecule has 0 aliphatic carbocycles. The monoisotopic (exact) mass is 214 g/mol. The number of carboxylic acid groups (broad SMARTS) is 1. The second-order valence-corrected chi connectivity index (χ2v) is 4.18. The highest BCUT2D eigenvalue weighted by Gasteiger charge is 2.16. The molecule has 0 spiro atoms. The number of aliphatic carboxylic acids is 1. The topological polar surface area (TPSA) is 52.6 Å². The highest BCUT2D eigenvalue weighted by molar-refractivity contribution is 5.73. The molecule has 0 radical (unpaired) electrons. The Hall–Kier alpha value is -0.610. The molecule has 1 heterocycles. The van der Waals surface area contributed by atoms with E-state index in [4.69, 9.17) is 5.11 Å². The lowest BCUT2D eigenvalue weighted by molar-refractivity contribution is -0.139. The van der Waals surface area contributed by atoms with Gasteiger partial charge in [-0.15, -0.1) is 0 Å². The van der Waals surface area contributed by atoms with E-state index in [9.17, 15) is 4.79 Å². The summed E-state index contributed by atoms with van der Waals surface area (Å²) < 4.78 is 0. The molecule has 1 unspecified atom stereocenters. The molecule has 15 heavy (non-hydrogen) atoms. The van der Waals surface area contributed by atoms with Gasteiger partial charge in [0.15, 0.2) is 0 Å². The van der Waals surface area contributed by atoms with Crippen LogP contribution in [0.5, 0.6) is 0 Å². The summed E-state index contributed by atoms with van der Waals surface area (Å²) >= 11 is 0. The summed E-state index contributed by atoms with van der Waals surface area (Å²) in [5.74, 6) is -0.724. The second kappa shape index (κ2) is 6.80. The summed E-state index contributed by atoms with van der Waals surface area (Å²) in [6.07, 6.45) is 4.21. The van der Waals surface area contributed by atoms with Crippen LogP contribution in [-0.2, 0) is 4.79 Å². The lowest BCUT2D eigenvalue weighted by atomic mass is 10.2. The predicted octanol–water partition coefficient (Wildman–Crippen LogP) is 0.925. The summed E-state index contributed by atoms with van der Waals surface area (Å²) in [5, 5.41) is 12.0. The van der Waals surface area contributed by atoms with Gasteiger partial charge in [-0.3, -0.25) is 4.79 Å². The summed E-state index contributed by atoms with van der Waals surface area (Å²) in [6, 6.07) is -0.363. The second-order valence-electron chi connectivity index (χ2n) is 4.18. The molecule has 1 aliphatic heterocycles. The summed E-state index contributed by atoms with van der Waals surface area (Å²) in [5.41, 5.74) is 0. The first-order valence-electron chi connectivity index (χ1n) is 5.92. The van der Waals surface area contributed by atoms with Gasteiger partial charge in [0, 0.05) is 13.1 Å². The van der Waals surface area contributed by atoms with Crippen LogP contribution in [-0.4, -0.2) is 48.2 Å². The van der Waals surface area contributed by atoms with Crippen LogP contribution in [0.25, 0.3) is 0 Å². The molecule has 2 N–H and O–H groups in total. The summed E-state index contributed by atoms with van der Waals surface area (Å²) in [4.78, 5) is 13.2. The van der Waals surface area contributed by atoms with Gasteiger partial charge in [-0.05, 0) is 32.4 Å². The Morgan fingerprint density at radius 1 is 1.47 bits per heavy atom. The normalized spacial score (nSPS) is 19.3. The van der Waals surface area contributed by atoms with Crippen molar-refractivity contribution in [2.45, 2.75) is 38.6 Å². The number of nitrogens with one attached hydrogen (secondary N) is 1. The molecule has 4 heteroatoms. The van der Waals surface area contributed by atoms with Crippen molar-refractivity contribution < 1.29 is 9.90 Å². The van der Waals surface area contributed by atoms with Crippen molar-refractivity contribution in [2.75, 3.05) is 26.2 Å². The molecule has 1 fully saturated rings. The van der Waals surface area contributed by atoms with E-state index in [0.717, 1.165) is 25.9 Å². The van der Waals surface area contributed by atoms with Crippen LogP contribution < -0.4 is 5.32 Å². The van der Waals surface area contributed by atoms with Crippen LogP contribution in [0.1, 0.15) is 32.6 Å². The van der Waals surface area contributed by atoms with Crippen molar-refractivity contribution in [3.8, 4) is 0 Å². The van der Waals surface area contributed by atoms with Crippen molar-refractivity contribution in [1.82, 2.24) is 10.2 Å². The fourth-order valence-corrected chi connectivity index (χ4v) is 2.00. The molecule has 4 nitrogen and oxygen atoms in total. The average Bonchev–Trinajstić information content (AvgIpc) is 2.69. The molecule has 0 bridgehead atoms. The molecule has 0 aromatic heterocycles. The molecule has 0 saturated carbocycles. The largest absolute Gasteiger partial charge is 0.480 e. The number of hydrogen-bond donors (Lipinski definition) is 2. The van der Waals surface area contributed by atoms with Crippen molar-refractivity contribution >= 4 is 5.97 Å². The quantitative estimate of drug-likeness (QED) is 0.662. The molecule has 0 aromatic rings. The Kier molecular flexibility index (Phi) is 5.65. The van der Waals surface area contributed by atoms with E-state index < -0.39 is 5.97 Å². The number of carboxylic acids is 1. The molecule has 88 valence electrons. The first-order valence-corrected chi connectivity index (χ1v) is 5.92. The number of rotatable bonds is 7. The molecule has 0 aromatic carbocycles. The van der Waals surface area contributed by atoms with Gasteiger partial charge in [0.05, 0.1) is 0 Å². The molecule has 1 atom stereocenters. The molecular formula is C11H22N2O2. The number of likely N-dealkylation sites (tertiary alicyclic amines) is 1. The number of carbonyl (C=O) groups is 1. The van der Waals surface area contributed by atoms with Gasteiger partial charge in [0.25, 0.3) is 0 Å². The maximum atomic E-state index is 10.8. The first-order chi connectivity index (χ1) is 7.24. The molecular weight excluding hydrogens is 192 g/mol. The standard InChI is InChI=1S/C11H22N2O2/c1-2-5-10(11(14)15)12-6-9-13-7-3-4-8-13/h10,12H,2-9H2,1H3,(H,14,15). The zero-order valence-corrected chi connectivity index (χ0v) is 9.54. The van der Waals surface area contributed by atoms with E-state index in [-0.39, 0.29) is 6.04 Å². The van der Waals surface area contributed by atoms with Gasteiger partial charge < -0.3 is 15.3 Å². The van der Waals surface area contributed by atoms with E-state index in [0.29, 0.717) is 0 Å². The molecule has 1 rings (SSSR count). The fraction of sp³-hybridized carbons (Fsp3) is 0.909. The maximum absolute atomic E-state index is 10.8. The maximum Gasteiger partial charge on any atom is 0.320 e. The van der Waals surface area contributed by atoms with Crippen LogP contribution in [0, 0.1) is 0 Å². The minimum atomic E-state index is -0.724. The lowest BCUT2D eigenvalue weighted by Crippen LogP contribution is -2.40. The van der Waals surface area contributed by atoms with Crippen molar-refractivity contribution in [1.29, 1.82) is 0 Å². The minimum Gasteiger partial charge on any atom is -0.480 e. The van der Waals surface area contributed by atoms with Gasteiger partial charge in [-0.2, -0.15) is 0 Å². The van der Waals surface area contributed by atoms with Crippen molar-refractivity contribution in [2.24, 2.45) is 0 Å². The molecule has 0 amide bonds. The van der Waals surface area contributed by atoms with Crippen molar-refractivity contribution in [3.05, 3.63) is 0 Å². The summed E-state index contributed by atoms with van der Waals surface area (Å²) in [7, 11) is 0. The Morgan fingerprint density at radius 2 is 2.13 bits per heavy atom. The highest BCUT2D eigenvalue weighted by atomic mass is 16.4. The predicted molar refractivity (Wildman–Crippen MR) is 60.0 cm³/mol. The Labute approximate surface area is 91.6 Å². The van der Waals surface area contributed by atoms with E-state index in [1.165, 1.54) is 25.9 Å². The van der Waals surface area contributed by atoms with Gasteiger partial charge in [-0.25, -0.2) is 0 Å². The Morgan fingerprint density at radius 3 is 2.67 bits per heavy atom. The lowest BCUT2D eigenvalue weighted by Gasteiger charge is -2.18. The van der Waals surface area contributed by atoms with Gasteiger partial charge in [0.2, 0.25) is 0 Å². The highest BCUT2D eigenvalue weighted by Crippen LogP contribution is 2.05. The van der Waals surface area contributed by atoms with E-state index >= 15 is 0 Å². The zero-order chi connectivity index (χ0) is 11.1. The van der Waals surface area contributed by atoms with Crippen LogP contribution in [0.2, 0.25) is 0 Å². The number of hydrogen-bond acceptors (Lipinski definition) is 3. The third kappa shape index (κ3) is 4.62. The van der Waals surface area contributed by atoms with Crippen LogP contribution in [0.4, 0.5) is 0 Å². The smallest absolute Gasteiger partial charge is 0.320 e. The molecule has 1 saturated heterocycles. The SMILES string of the molecule is CCCC(NCCN1CCCC1)C(=O)O. The van der Waals surface area contributed by atoms with Crippen LogP contribution >= 0.6 is 0 Å². The van der Waals surface area contributed by atoms with Gasteiger partial charge >= 0.3 is 5.97 Å². The average molecular weight is 214 g/mol. The first kappa shape index (κ1) is 12.5. The third-order valence-corrected chi connectivity index (χ3v) is 2.89. The zero-order valence-electron chi connectivity index (χ0n) is 9.54. The molecule has 1 aliphatic rings. The minimum absolute atomic E-state index is 0.363. The summed E-state index contributed by atoms with van der Waals surface area (Å²) in [6.45, 7) is 6.13. The van der Waals surface area contributed by atoms with E-state index in [2.05, 4.69) is 10.2 Å². The fourth-order valence-electron chi connectivity index (χ4n) is 2.00. The third-order valence-electron chi connectivity index (χ3n) is 2.89. The van der Waals surface area contributed by atoms with Gasteiger partial charge in [0.1, 0.15) is 6.04 Å². The Bertz CT molecular complexity index is 191. The van der Waals surface area contributed by atoms with Crippen LogP contribution in [0.3, 0.4) is 0 Å².